The second kappa shape index (κ2) is 3.46. The van der Waals surface area contributed by atoms with Gasteiger partial charge in [-0.1, -0.05) is 0 Å². The summed E-state index contributed by atoms with van der Waals surface area (Å²) in [6.07, 6.45) is 0.276. The van der Waals surface area contributed by atoms with Gasteiger partial charge in [0.1, 0.15) is 12.6 Å². The van der Waals surface area contributed by atoms with Crippen molar-refractivity contribution in [2.45, 2.75) is 25.7 Å². The SMILES string of the molecule is C[C@@H]1NC(N)NC(N(C)C)N1. The maximum absolute atomic E-state index is 5.66. The van der Waals surface area contributed by atoms with Crippen LogP contribution in [0.25, 0.3) is 0 Å². The van der Waals surface area contributed by atoms with Crippen LogP contribution in [0.2, 0.25) is 0 Å². The third-order valence-electron chi connectivity index (χ3n) is 1.69. The molecule has 1 rings (SSSR count). The molecule has 5 heteroatoms. The minimum atomic E-state index is -0.126. The lowest BCUT2D eigenvalue weighted by atomic mass is 10.4. The van der Waals surface area contributed by atoms with Crippen LogP contribution in [0.15, 0.2) is 0 Å². The Bertz CT molecular complexity index is 116. The van der Waals surface area contributed by atoms with E-state index < -0.39 is 0 Å². The van der Waals surface area contributed by atoms with Crippen molar-refractivity contribution in [3.63, 3.8) is 0 Å². The lowest BCUT2D eigenvalue weighted by Crippen LogP contribution is -2.72. The zero-order chi connectivity index (χ0) is 8.43. The molecule has 0 bridgehead atoms. The zero-order valence-corrected chi connectivity index (χ0v) is 7.26. The van der Waals surface area contributed by atoms with Gasteiger partial charge in [0.15, 0.2) is 0 Å². The molecule has 1 heterocycles. The average Bonchev–Trinajstić information content (AvgIpc) is 1.85. The van der Waals surface area contributed by atoms with Crippen molar-refractivity contribution >= 4 is 0 Å². The molecule has 5 N–H and O–H groups in total. The molecule has 1 aliphatic heterocycles. The third-order valence-corrected chi connectivity index (χ3v) is 1.69. The van der Waals surface area contributed by atoms with E-state index in [1.165, 1.54) is 0 Å². The van der Waals surface area contributed by atoms with E-state index in [9.17, 15) is 0 Å². The summed E-state index contributed by atoms with van der Waals surface area (Å²) < 4.78 is 0. The second-order valence-electron chi connectivity index (χ2n) is 3.07. The van der Waals surface area contributed by atoms with E-state index in [1.807, 2.05) is 25.9 Å². The van der Waals surface area contributed by atoms with Crippen LogP contribution in [-0.2, 0) is 0 Å². The molecule has 0 amide bonds. The van der Waals surface area contributed by atoms with E-state index >= 15 is 0 Å². The first-order chi connectivity index (χ1) is 5.09. The van der Waals surface area contributed by atoms with Crippen LogP contribution in [0.1, 0.15) is 6.92 Å². The number of nitrogens with one attached hydrogen (secondary N) is 3. The van der Waals surface area contributed by atoms with Crippen molar-refractivity contribution in [3.8, 4) is 0 Å². The Morgan fingerprint density at radius 1 is 1.18 bits per heavy atom. The Morgan fingerprint density at radius 2 is 1.82 bits per heavy atom. The molecule has 66 valence electrons. The molecule has 0 spiro atoms. The molecule has 2 unspecified atom stereocenters. The van der Waals surface area contributed by atoms with E-state index in [0.717, 1.165) is 0 Å². The Kier molecular flexibility index (Phi) is 2.80. The summed E-state index contributed by atoms with van der Waals surface area (Å²) in [5, 5.41) is 9.49. The maximum Gasteiger partial charge on any atom is 0.117 e. The zero-order valence-electron chi connectivity index (χ0n) is 7.26. The molecule has 0 aliphatic carbocycles. The fourth-order valence-electron chi connectivity index (χ4n) is 1.12. The average molecular weight is 159 g/mol. The molecule has 0 radical (unpaired) electrons. The molecular formula is C6H17N5. The normalized spacial score (nSPS) is 39.5. The highest BCUT2D eigenvalue weighted by Gasteiger charge is 2.22. The predicted molar refractivity (Wildman–Crippen MR) is 44.3 cm³/mol. The highest BCUT2D eigenvalue weighted by atomic mass is 15.5. The standard InChI is InChI=1S/C6H17N5/c1-4-8-5(7)10-6(9-4)11(2)3/h4-6,8-10H,7H2,1-3H3/t4-,5?,6?/m1/s1. The molecular weight excluding hydrogens is 142 g/mol. The summed E-state index contributed by atoms with van der Waals surface area (Å²) in [7, 11) is 3.99. The third kappa shape index (κ3) is 2.39. The Hall–Kier alpha value is -0.200. The van der Waals surface area contributed by atoms with Gasteiger partial charge >= 0.3 is 0 Å². The number of nitrogens with zero attached hydrogens (tertiary/aromatic N) is 1. The quantitative estimate of drug-likeness (QED) is 0.364. The van der Waals surface area contributed by atoms with Crippen LogP contribution in [0.5, 0.6) is 0 Å². The van der Waals surface area contributed by atoms with Gasteiger partial charge in [-0.15, -0.1) is 0 Å². The minimum absolute atomic E-state index is 0.126. The van der Waals surface area contributed by atoms with E-state index in [1.54, 1.807) is 0 Å². The van der Waals surface area contributed by atoms with E-state index in [2.05, 4.69) is 16.0 Å². The molecule has 0 saturated carbocycles. The minimum Gasteiger partial charge on any atom is -0.303 e. The first kappa shape index (κ1) is 8.89. The topological polar surface area (TPSA) is 65.3 Å². The smallest absolute Gasteiger partial charge is 0.117 e. The number of hydrogen-bond acceptors (Lipinski definition) is 5. The van der Waals surface area contributed by atoms with Crippen LogP contribution in [0.3, 0.4) is 0 Å². The van der Waals surface area contributed by atoms with Gasteiger partial charge in [0.2, 0.25) is 0 Å². The first-order valence-electron chi connectivity index (χ1n) is 3.80. The summed E-state index contributed by atoms with van der Waals surface area (Å²) in [5.74, 6) is 0. The Balaban J connectivity index is 2.43. The highest BCUT2D eigenvalue weighted by Crippen LogP contribution is 1.92. The van der Waals surface area contributed by atoms with Gasteiger partial charge in [-0.25, -0.2) is 0 Å². The first-order valence-corrected chi connectivity index (χ1v) is 3.80. The number of rotatable bonds is 1. The van der Waals surface area contributed by atoms with Crippen LogP contribution in [0, 0.1) is 0 Å². The largest absolute Gasteiger partial charge is 0.303 e. The summed E-state index contributed by atoms with van der Waals surface area (Å²) >= 11 is 0. The monoisotopic (exact) mass is 159 g/mol. The number of nitrogens with two attached hydrogens (primary N) is 1. The maximum atomic E-state index is 5.66. The molecule has 1 aliphatic rings. The molecule has 0 aromatic rings. The van der Waals surface area contributed by atoms with Crippen molar-refractivity contribution in [3.05, 3.63) is 0 Å². The number of hydrogen-bond donors (Lipinski definition) is 4. The van der Waals surface area contributed by atoms with Gasteiger partial charge in [0, 0.05) is 0 Å². The van der Waals surface area contributed by atoms with Gasteiger partial charge in [0.25, 0.3) is 0 Å². The molecule has 11 heavy (non-hydrogen) atoms. The predicted octanol–water partition coefficient (Wildman–Crippen LogP) is -1.80. The lowest BCUT2D eigenvalue weighted by Gasteiger charge is -2.38. The van der Waals surface area contributed by atoms with Crippen molar-refractivity contribution < 1.29 is 0 Å². The summed E-state index contributed by atoms with van der Waals surface area (Å²) in [6, 6.07) is 0. The Labute approximate surface area is 67.3 Å². The van der Waals surface area contributed by atoms with Crippen LogP contribution >= 0.6 is 0 Å². The van der Waals surface area contributed by atoms with Crippen LogP contribution in [0.4, 0.5) is 0 Å². The Morgan fingerprint density at radius 3 is 2.27 bits per heavy atom. The van der Waals surface area contributed by atoms with Gasteiger partial charge < -0.3 is 5.73 Å². The van der Waals surface area contributed by atoms with Crippen molar-refractivity contribution in [2.24, 2.45) is 5.73 Å². The lowest BCUT2D eigenvalue weighted by molar-refractivity contribution is 0.106. The fourth-order valence-corrected chi connectivity index (χ4v) is 1.12. The van der Waals surface area contributed by atoms with Gasteiger partial charge in [-0.3, -0.25) is 20.9 Å². The summed E-state index contributed by atoms with van der Waals surface area (Å²) in [5.41, 5.74) is 5.66. The van der Waals surface area contributed by atoms with Crippen LogP contribution in [-0.4, -0.2) is 37.7 Å². The molecule has 5 nitrogen and oxygen atoms in total. The van der Waals surface area contributed by atoms with E-state index in [4.69, 9.17) is 5.73 Å². The summed E-state index contributed by atoms with van der Waals surface area (Å²) in [6.45, 7) is 2.04. The summed E-state index contributed by atoms with van der Waals surface area (Å²) in [4.78, 5) is 2.04. The van der Waals surface area contributed by atoms with E-state index in [-0.39, 0.29) is 18.7 Å². The van der Waals surface area contributed by atoms with Gasteiger partial charge in [-0.05, 0) is 21.0 Å². The van der Waals surface area contributed by atoms with Crippen molar-refractivity contribution in [1.82, 2.24) is 20.9 Å². The molecule has 1 saturated heterocycles. The fraction of sp³-hybridized carbons (Fsp3) is 1.00. The molecule has 3 atom stereocenters. The van der Waals surface area contributed by atoms with Crippen LogP contribution < -0.4 is 21.7 Å². The molecule has 0 aromatic carbocycles. The van der Waals surface area contributed by atoms with Gasteiger partial charge in [0.05, 0.1) is 6.17 Å². The molecule has 1 fully saturated rings. The van der Waals surface area contributed by atoms with E-state index in [0.29, 0.717) is 0 Å². The van der Waals surface area contributed by atoms with Crippen molar-refractivity contribution in [1.29, 1.82) is 0 Å². The second-order valence-corrected chi connectivity index (χ2v) is 3.07. The van der Waals surface area contributed by atoms with Crippen molar-refractivity contribution in [2.75, 3.05) is 14.1 Å². The van der Waals surface area contributed by atoms with Gasteiger partial charge in [-0.2, -0.15) is 0 Å². The highest BCUT2D eigenvalue weighted by molar-refractivity contribution is 4.75. The molecule has 0 aromatic heterocycles.